The van der Waals surface area contributed by atoms with Gasteiger partial charge in [-0.1, -0.05) is 0 Å². The van der Waals surface area contributed by atoms with Crippen molar-refractivity contribution in [2.24, 2.45) is 0 Å². The highest BCUT2D eigenvalue weighted by Gasteiger charge is 2.37. The van der Waals surface area contributed by atoms with E-state index in [0.29, 0.717) is 32.3 Å². The van der Waals surface area contributed by atoms with Crippen LogP contribution in [0.15, 0.2) is 21.9 Å². The van der Waals surface area contributed by atoms with Crippen molar-refractivity contribution in [1.29, 1.82) is 0 Å². The zero-order valence-electron chi connectivity index (χ0n) is 12.5. The SMILES string of the molecule is Cc1cc2c(c(C)c1N)S(=O)(=O)c1c-2cc(C)c(N)c1C. The molecular weight excluding hydrogens is 284 g/mol. The van der Waals surface area contributed by atoms with E-state index in [0.717, 1.165) is 22.3 Å². The number of rotatable bonds is 0. The van der Waals surface area contributed by atoms with E-state index in [4.69, 9.17) is 11.5 Å². The molecule has 0 unspecified atom stereocenters. The fourth-order valence-electron chi connectivity index (χ4n) is 3.15. The first kappa shape index (κ1) is 13.9. The van der Waals surface area contributed by atoms with Gasteiger partial charge in [-0.05, 0) is 62.1 Å². The summed E-state index contributed by atoms with van der Waals surface area (Å²) < 4.78 is 25.9. The number of sulfone groups is 1. The summed E-state index contributed by atoms with van der Waals surface area (Å²) in [7, 11) is -3.56. The molecule has 0 aromatic heterocycles. The third-order valence-corrected chi connectivity index (χ3v) is 6.50. The smallest absolute Gasteiger partial charge is 0.208 e. The second-order valence-electron chi connectivity index (χ2n) is 5.72. The minimum Gasteiger partial charge on any atom is -0.398 e. The molecule has 5 heteroatoms. The van der Waals surface area contributed by atoms with E-state index in [1.165, 1.54) is 0 Å². The van der Waals surface area contributed by atoms with Gasteiger partial charge in [0.1, 0.15) is 0 Å². The molecule has 4 nitrogen and oxygen atoms in total. The molecule has 1 aliphatic rings. The molecule has 2 aromatic carbocycles. The molecule has 2 aromatic rings. The quantitative estimate of drug-likeness (QED) is 0.625. The lowest BCUT2D eigenvalue weighted by Gasteiger charge is -2.10. The van der Waals surface area contributed by atoms with E-state index in [1.54, 1.807) is 13.8 Å². The average molecular weight is 302 g/mol. The molecule has 110 valence electrons. The normalized spacial score (nSPS) is 14.9. The van der Waals surface area contributed by atoms with Crippen LogP contribution in [0.5, 0.6) is 0 Å². The maximum Gasteiger partial charge on any atom is 0.208 e. The van der Waals surface area contributed by atoms with Crippen LogP contribution in [0.3, 0.4) is 0 Å². The molecule has 0 saturated carbocycles. The topological polar surface area (TPSA) is 86.2 Å². The van der Waals surface area contributed by atoms with Gasteiger partial charge in [-0.2, -0.15) is 0 Å². The van der Waals surface area contributed by atoms with Gasteiger partial charge in [-0.15, -0.1) is 0 Å². The van der Waals surface area contributed by atoms with Crippen molar-refractivity contribution in [3.8, 4) is 11.1 Å². The van der Waals surface area contributed by atoms with E-state index < -0.39 is 9.84 Å². The van der Waals surface area contributed by atoms with E-state index in [2.05, 4.69) is 0 Å². The second-order valence-corrected chi connectivity index (χ2v) is 7.54. The van der Waals surface area contributed by atoms with Gasteiger partial charge in [0.2, 0.25) is 9.84 Å². The van der Waals surface area contributed by atoms with E-state index >= 15 is 0 Å². The van der Waals surface area contributed by atoms with E-state index in [9.17, 15) is 8.42 Å². The number of hydrogen-bond acceptors (Lipinski definition) is 4. The van der Waals surface area contributed by atoms with Gasteiger partial charge in [-0.25, -0.2) is 8.42 Å². The molecule has 0 radical (unpaired) electrons. The molecule has 4 N–H and O–H groups in total. The highest BCUT2D eigenvalue weighted by atomic mass is 32.2. The molecule has 1 heterocycles. The van der Waals surface area contributed by atoms with Crippen molar-refractivity contribution < 1.29 is 8.42 Å². The number of benzene rings is 2. The lowest BCUT2D eigenvalue weighted by Crippen LogP contribution is -2.05. The van der Waals surface area contributed by atoms with Crippen molar-refractivity contribution in [2.75, 3.05) is 11.5 Å². The number of hydrogen-bond donors (Lipinski definition) is 2. The molecule has 21 heavy (non-hydrogen) atoms. The van der Waals surface area contributed by atoms with Crippen LogP contribution in [-0.4, -0.2) is 8.42 Å². The number of anilines is 2. The fourth-order valence-corrected chi connectivity index (χ4v) is 5.30. The zero-order valence-corrected chi connectivity index (χ0v) is 13.4. The summed E-state index contributed by atoms with van der Waals surface area (Å²) in [5.74, 6) is 0. The standard InChI is InChI=1S/C16H18N2O2S/c1-7-5-11-12-6-8(2)14(18)10(4)16(12)21(19,20)15(11)9(3)13(7)17/h5-6H,17-18H2,1-4H3. The Bertz CT molecular complexity index is 843. The Morgan fingerprint density at radius 2 is 1.10 bits per heavy atom. The van der Waals surface area contributed by atoms with Crippen LogP contribution in [0.25, 0.3) is 11.1 Å². The monoisotopic (exact) mass is 302 g/mol. The van der Waals surface area contributed by atoms with Crippen LogP contribution in [0, 0.1) is 27.7 Å². The maximum absolute atomic E-state index is 12.9. The Kier molecular flexibility index (Phi) is 2.66. The lowest BCUT2D eigenvalue weighted by molar-refractivity contribution is 0.597. The summed E-state index contributed by atoms with van der Waals surface area (Å²) in [6.07, 6.45) is 0. The summed E-state index contributed by atoms with van der Waals surface area (Å²) in [6, 6.07) is 3.71. The minimum atomic E-state index is -3.56. The van der Waals surface area contributed by atoms with Gasteiger partial charge in [0.15, 0.2) is 0 Å². The predicted octanol–water partition coefficient (Wildman–Crippen LogP) is 2.90. The van der Waals surface area contributed by atoms with Crippen LogP contribution in [0.1, 0.15) is 22.3 Å². The first-order valence-corrected chi connectivity index (χ1v) is 8.21. The zero-order chi connectivity index (χ0) is 15.7. The van der Waals surface area contributed by atoms with Crippen molar-refractivity contribution in [3.63, 3.8) is 0 Å². The molecule has 0 atom stereocenters. The molecular formula is C16H18N2O2S. The third-order valence-electron chi connectivity index (χ3n) is 4.38. The number of nitrogen functional groups attached to an aromatic ring is 2. The Morgan fingerprint density at radius 3 is 1.43 bits per heavy atom. The second kappa shape index (κ2) is 4.01. The first-order valence-electron chi connectivity index (χ1n) is 6.72. The number of nitrogens with two attached hydrogens (primary N) is 2. The van der Waals surface area contributed by atoms with Crippen molar-refractivity contribution >= 4 is 21.2 Å². The molecule has 0 spiro atoms. The van der Waals surface area contributed by atoms with Crippen LogP contribution >= 0.6 is 0 Å². The van der Waals surface area contributed by atoms with Gasteiger partial charge >= 0.3 is 0 Å². The van der Waals surface area contributed by atoms with Gasteiger partial charge in [0.05, 0.1) is 9.79 Å². The average Bonchev–Trinajstić information content (AvgIpc) is 2.61. The molecule has 0 amide bonds. The number of fused-ring (bicyclic) bond motifs is 3. The summed E-state index contributed by atoms with van der Waals surface area (Å²) in [5.41, 5.74) is 17.6. The summed E-state index contributed by atoms with van der Waals surface area (Å²) in [5, 5.41) is 0. The summed E-state index contributed by atoms with van der Waals surface area (Å²) >= 11 is 0. The Morgan fingerprint density at radius 1 is 0.762 bits per heavy atom. The summed E-state index contributed by atoms with van der Waals surface area (Å²) in [6.45, 7) is 7.31. The van der Waals surface area contributed by atoms with Crippen molar-refractivity contribution in [1.82, 2.24) is 0 Å². The van der Waals surface area contributed by atoms with Crippen molar-refractivity contribution in [2.45, 2.75) is 37.5 Å². The highest BCUT2D eigenvalue weighted by molar-refractivity contribution is 7.92. The molecule has 0 fully saturated rings. The molecule has 0 aliphatic carbocycles. The maximum atomic E-state index is 12.9. The lowest BCUT2D eigenvalue weighted by atomic mass is 9.95. The van der Waals surface area contributed by atoms with Crippen LogP contribution in [0.4, 0.5) is 11.4 Å². The fraction of sp³-hybridized carbons (Fsp3) is 0.250. The Hall–Kier alpha value is -2.01. The van der Waals surface area contributed by atoms with Crippen LogP contribution < -0.4 is 11.5 Å². The highest BCUT2D eigenvalue weighted by Crippen LogP contribution is 2.49. The van der Waals surface area contributed by atoms with Crippen LogP contribution in [0.2, 0.25) is 0 Å². The van der Waals surface area contributed by atoms with Gasteiger partial charge in [0, 0.05) is 22.5 Å². The van der Waals surface area contributed by atoms with Crippen LogP contribution in [-0.2, 0) is 9.84 Å². The van der Waals surface area contributed by atoms with E-state index in [1.807, 2.05) is 26.0 Å². The molecule has 0 saturated heterocycles. The van der Waals surface area contributed by atoms with Gasteiger partial charge in [-0.3, -0.25) is 0 Å². The van der Waals surface area contributed by atoms with E-state index in [-0.39, 0.29) is 0 Å². The van der Waals surface area contributed by atoms with Crippen molar-refractivity contribution in [3.05, 3.63) is 34.4 Å². The molecule has 3 rings (SSSR count). The Labute approximate surface area is 124 Å². The number of aryl methyl sites for hydroxylation is 2. The predicted molar refractivity (Wildman–Crippen MR) is 85.1 cm³/mol. The molecule has 0 bridgehead atoms. The minimum absolute atomic E-state index is 0.328. The summed E-state index contributed by atoms with van der Waals surface area (Å²) in [4.78, 5) is 0.655. The van der Waals surface area contributed by atoms with Gasteiger partial charge in [0.25, 0.3) is 0 Å². The third kappa shape index (κ3) is 1.58. The van der Waals surface area contributed by atoms with Gasteiger partial charge < -0.3 is 11.5 Å². The largest absolute Gasteiger partial charge is 0.398 e. The first-order chi connectivity index (χ1) is 9.67. The molecule has 1 aliphatic heterocycles. The Balaban J connectivity index is 2.57.